The maximum Gasteiger partial charge on any atom is 0.215 e. The van der Waals surface area contributed by atoms with Crippen molar-refractivity contribution in [1.82, 2.24) is 0 Å². The predicted octanol–water partition coefficient (Wildman–Crippen LogP) is 4.34. The van der Waals surface area contributed by atoms with Crippen LogP contribution in [0.4, 0.5) is 0 Å². The fourth-order valence-electron chi connectivity index (χ4n) is 3.62. The zero-order chi connectivity index (χ0) is 21.3. The van der Waals surface area contributed by atoms with E-state index in [4.69, 9.17) is 14.2 Å². The van der Waals surface area contributed by atoms with Gasteiger partial charge in [0.15, 0.2) is 18.4 Å². The number of benzene rings is 3. The van der Waals surface area contributed by atoms with E-state index in [1.165, 1.54) is 0 Å². The fraction of sp³-hybridized carbons (Fsp3) is 0.269. The Morgan fingerprint density at radius 1 is 0.645 bits per heavy atom. The van der Waals surface area contributed by atoms with Crippen molar-refractivity contribution in [2.45, 2.75) is 38.1 Å². The summed E-state index contributed by atoms with van der Waals surface area (Å²) in [5, 5.41) is 12.7. The van der Waals surface area contributed by atoms with Crippen LogP contribution in [0.15, 0.2) is 91.0 Å². The smallest absolute Gasteiger partial charge is 0.215 e. The van der Waals surface area contributed by atoms with Gasteiger partial charge in [-0.25, -0.2) is 4.74 Å². The van der Waals surface area contributed by atoms with Crippen LogP contribution in [0.25, 0.3) is 0 Å². The lowest BCUT2D eigenvalue weighted by Gasteiger charge is -2.23. The molecule has 0 fully saturated rings. The molecule has 0 saturated carbocycles. The lowest BCUT2D eigenvalue weighted by atomic mass is 10.1. The average Bonchev–Trinajstić information content (AvgIpc) is 3.12. The van der Waals surface area contributed by atoms with E-state index in [-0.39, 0.29) is 6.61 Å². The van der Waals surface area contributed by atoms with E-state index in [1.54, 1.807) is 6.21 Å². The van der Waals surface area contributed by atoms with Gasteiger partial charge in [0.05, 0.1) is 19.8 Å². The minimum atomic E-state index is -0.465. The summed E-state index contributed by atoms with van der Waals surface area (Å²) < 4.78 is 19.1. The molecule has 0 unspecified atom stereocenters. The predicted molar refractivity (Wildman–Crippen MR) is 120 cm³/mol. The maximum atomic E-state index is 12.7. The highest BCUT2D eigenvalue weighted by Gasteiger charge is 2.43. The van der Waals surface area contributed by atoms with Gasteiger partial charge in [-0.2, -0.15) is 0 Å². The standard InChI is InChI=1S/C26H27NO4/c28-27-16-25(30-18-22-12-6-2-7-13-22)26(31-19-23-14-8-3-9-15-23)24(27)20-29-17-21-10-4-1-5-11-21/h1-16,24-26H,17-20H2/t24-,25-,26+/m1/s1. The molecule has 0 spiro atoms. The lowest BCUT2D eigenvalue weighted by Crippen LogP contribution is -2.41. The van der Waals surface area contributed by atoms with Crippen molar-refractivity contribution in [2.75, 3.05) is 6.61 Å². The van der Waals surface area contributed by atoms with E-state index in [2.05, 4.69) is 0 Å². The molecule has 31 heavy (non-hydrogen) atoms. The molecule has 1 aliphatic rings. The Balaban J connectivity index is 1.40. The molecule has 0 amide bonds. The molecule has 0 N–H and O–H groups in total. The first-order chi connectivity index (χ1) is 15.3. The van der Waals surface area contributed by atoms with Gasteiger partial charge in [-0.15, -0.1) is 0 Å². The van der Waals surface area contributed by atoms with Crippen LogP contribution in [0, 0.1) is 5.21 Å². The molecule has 3 atom stereocenters. The molecule has 4 rings (SSSR count). The first-order valence-electron chi connectivity index (χ1n) is 10.5. The van der Waals surface area contributed by atoms with Gasteiger partial charge in [-0.1, -0.05) is 91.0 Å². The van der Waals surface area contributed by atoms with Crippen LogP contribution in [0.1, 0.15) is 16.7 Å². The van der Waals surface area contributed by atoms with Crippen LogP contribution in [-0.2, 0) is 34.0 Å². The van der Waals surface area contributed by atoms with Gasteiger partial charge in [0.25, 0.3) is 0 Å². The van der Waals surface area contributed by atoms with Crippen LogP contribution in [0.3, 0.4) is 0 Å². The van der Waals surface area contributed by atoms with Crippen LogP contribution in [0.2, 0.25) is 0 Å². The van der Waals surface area contributed by atoms with Crippen LogP contribution >= 0.6 is 0 Å². The Morgan fingerprint density at radius 3 is 1.68 bits per heavy atom. The molecule has 3 aromatic carbocycles. The zero-order valence-corrected chi connectivity index (χ0v) is 17.4. The highest BCUT2D eigenvalue weighted by atomic mass is 16.6. The normalized spacial score (nSPS) is 20.5. The van der Waals surface area contributed by atoms with E-state index in [0.717, 1.165) is 21.4 Å². The molecule has 0 bridgehead atoms. The quantitative estimate of drug-likeness (QED) is 0.364. The monoisotopic (exact) mass is 417 g/mol. The molecule has 3 aromatic rings. The van der Waals surface area contributed by atoms with E-state index in [9.17, 15) is 5.21 Å². The molecule has 0 saturated heterocycles. The molecular formula is C26H27NO4. The minimum Gasteiger partial charge on any atom is -0.624 e. The Labute approximate surface area is 183 Å². The summed E-state index contributed by atoms with van der Waals surface area (Å²) in [6.45, 7) is 1.54. The third-order valence-corrected chi connectivity index (χ3v) is 5.29. The molecule has 160 valence electrons. The van der Waals surface area contributed by atoms with Crippen molar-refractivity contribution in [3.8, 4) is 0 Å². The first kappa shape index (κ1) is 21.2. The van der Waals surface area contributed by atoms with Gasteiger partial charge in [0.2, 0.25) is 6.04 Å². The van der Waals surface area contributed by atoms with Crippen molar-refractivity contribution in [3.05, 3.63) is 113 Å². The third-order valence-electron chi connectivity index (χ3n) is 5.29. The second-order valence-electron chi connectivity index (χ2n) is 7.60. The Bertz CT molecular complexity index is 947. The maximum absolute atomic E-state index is 12.7. The number of ether oxygens (including phenoxy) is 3. The highest BCUT2D eigenvalue weighted by molar-refractivity contribution is 5.61. The summed E-state index contributed by atoms with van der Waals surface area (Å²) in [5.74, 6) is 0. The van der Waals surface area contributed by atoms with Gasteiger partial charge in [0, 0.05) is 0 Å². The number of hydrogen-bond donors (Lipinski definition) is 0. The van der Waals surface area contributed by atoms with Crippen molar-refractivity contribution >= 4 is 6.21 Å². The second-order valence-corrected chi connectivity index (χ2v) is 7.60. The summed E-state index contributed by atoms with van der Waals surface area (Å²) >= 11 is 0. The van der Waals surface area contributed by atoms with Gasteiger partial charge in [-0.3, -0.25) is 0 Å². The molecule has 0 aromatic heterocycles. The number of hydrogen-bond acceptors (Lipinski definition) is 4. The van der Waals surface area contributed by atoms with Crippen molar-refractivity contribution in [3.63, 3.8) is 0 Å². The average molecular weight is 418 g/mol. The van der Waals surface area contributed by atoms with Crippen molar-refractivity contribution < 1.29 is 18.9 Å². The second kappa shape index (κ2) is 10.9. The van der Waals surface area contributed by atoms with Gasteiger partial charge in [-0.05, 0) is 16.7 Å². The summed E-state index contributed by atoms with van der Waals surface area (Å²) in [6.07, 6.45) is 0.707. The fourth-order valence-corrected chi connectivity index (χ4v) is 3.62. The summed E-state index contributed by atoms with van der Waals surface area (Å²) in [5.41, 5.74) is 3.18. The molecule has 1 heterocycles. The highest BCUT2D eigenvalue weighted by Crippen LogP contribution is 2.21. The molecule has 5 heteroatoms. The van der Waals surface area contributed by atoms with Crippen molar-refractivity contribution in [2.24, 2.45) is 0 Å². The summed E-state index contributed by atoms with van der Waals surface area (Å²) in [4.78, 5) is 0. The van der Waals surface area contributed by atoms with E-state index < -0.39 is 18.2 Å². The Kier molecular flexibility index (Phi) is 7.45. The number of hydroxylamine groups is 1. The molecular weight excluding hydrogens is 390 g/mol. The third kappa shape index (κ3) is 6.01. The molecule has 0 aliphatic carbocycles. The first-order valence-corrected chi connectivity index (χ1v) is 10.5. The number of nitrogens with zero attached hydrogens (tertiary/aromatic N) is 1. The zero-order valence-electron chi connectivity index (χ0n) is 17.4. The number of rotatable bonds is 10. The van der Waals surface area contributed by atoms with E-state index in [1.807, 2.05) is 91.0 Å². The molecule has 1 aliphatic heterocycles. The van der Waals surface area contributed by atoms with Crippen molar-refractivity contribution in [1.29, 1.82) is 0 Å². The van der Waals surface area contributed by atoms with E-state index >= 15 is 0 Å². The summed E-state index contributed by atoms with van der Waals surface area (Å²) in [7, 11) is 0. The van der Waals surface area contributed by atoms with E-state index in [0.29, 0.717) is 19.8 Å². The SMILES string of the molecule is [O-][N+]1=C[C@@H](OCc2ccccc2)[C@@H](OCc2ccccc2)[C@H]1COCc1ccccc1. The molecule has 5 nitrogen and oxygen atoms in total. The topological polar surface area (TPSA) is 53.8 Å². The lowest BCUT2D eigenvalue weighted by molar-refractivity contribution is -0.504. The minimum absolute atomic E-state index is 0.263. The van der Waals surface area contributed by atoms with Gasteiger partial charge < -0.3 is 19.4 Å². The van der Waals surface area contributed by atoms with Crippen LogP contribution < -0.4 is 0 Å². The van der Waals surface area contributed by atoms with Gasteiger partial charge in [0.1, 0.15) is 6.61 Å². The largest absolute Gasteiger partial charge is 0.624 e. The Hall–Kier alpha value is -2.99. The molecule has 0 radical (unpaired) electrons. The van der Waals surface area contributed by atoms with Crippen LogP contribution in [-0.4, -0.2) is 35.8 Å². The Morgan fingerprint density at radius 2 is 1.13 bits per heavy atom. The van der Waals surface area contributed by atoms with Crippen LogP contribution in [0.5, 0.6) is 0 Å². The van der Waals surface area contributed by atoms with Gasteiger partial charge >= 0.3 is 0 Å². The summed E-state index contributed by atoms with van der Waals surface area (Å²) in [6, 6.07) is 29.3.